The zero-order valence-electron chi connectivity index (χ0n) is 12.9. The average molecular weight is 301 g/mol. The van der Waals surface area contributed by atoms with E-state index in [2.05, 4.69) is 9.89 Å². The van der Waals surface area contributed by atoms with Crippen LogP contribution in [0.15, 0.2) is 34.5 Å². The molecule has 0 aliphatic carbocycles. The first-order valence-electron chi connectivity index (χ1n) is 7.60. The number of halogens is 1. The molecule has 1 aromatic rings. The Balaban J connectivity index is 2.12. The lowest BCUT2D eigenvalue weighted by Gasteiger charge is -2.32. The zero-order valence-corrected chi connectivity index (χ0v) is 12.9. The highest BCUT2D eigenvalue weighted by molar-refractivity contribution is 6.23. The summed E-state index contributed by atoms with van der Waals surface area (Å²) >= 11 is 0. The van der Waals surface area contributed by atoms with Crippen LogP contribution in [0.3, 0.4) is 0 Å². The third-order valence-electron chi connectivity index (χ3n) is 4.32. The van der Waals surface area contributed by atoms with Gasteiger partial charge in [-0.15, -0.1) is 0 Å². The van der Waals surface area contributed by atoms with Gasteiger partial charge in [0.1, 0.15) is 5.82 Å². The summed E-state index contributed by atoms with van der Waals surface area (Å²) in [7, 11) is 0. The smallest absolute Gasteiger partial charge is 0.252 e. The number of fused-ring (bicyclic) bond motifs is 1. The summed E-state index contributed by atoms with van der Waals surface area (Å²) in [5.74, 6) is -0.799. The largest absolute Gasteiger partial charge is 0.373 e. The minimum Gasteiger partial charge on any atom is -0.373 e. The van der Waals surface area contributed by atoms with Crippen molar-refractivity contribution in [2.24, 2.45) is 16.6 Å². The molecular formula is C17H20FN3O. The number of aliphatic imine (C=N–C) groups is 1. The molecule has 4 nitrogen and oxygen atoms in total. The number of aryl methyl sites for hydroxylation is 1. The first-order chi connectivity index (χ1) is 10.5. The van der Waals surface area contributed by atoms with E-state index in [0.29, 0.717) is 11.3 Å². The molecule has 2 heterocycles. The summed E-state index contributed by atoms with van der Waals surface area (Å²) in [5, 5.41) is 0. The van der Waals surface area contributed by atoms with E-state index in [-0.39, 0.29) is 17.4 Å². The van der Waals surface area contributed by atoms with Gasteiger partial charge in [-0.3, -0.25) is 4.79 Å². The zero-order chi connectivity index (χ0) is 15.9. The fraction of sp³-hybridized carbons (Fsp3) is 0.412. The molecule has 1 aromatic carbocycles. The monoisotopic (exact) mass is 301 g/mol. The molecule has 0 aromatic heterocycles. The van der Waals surface area contributed by atoms with Crippen molar-refractivity contribution in [1.29, 1.82) is 0 Å². The van der Waals surface area contributed by atoms with E-state index in [0.717, 1.165) is 37.2 Å². The molecule has 5 heteroatoms. The summed E-state index contributed by atoms with van der Waals surface area (Å²) in [6, 6.07) is 4.91. The van der Waals surface area contributed by atoms with Crippen molar-refractivity contribution >= 4 is 17.3 Å². The Bertz CT molecular complexity index is 693. The van der Waals surface area contributed by atoms with Gasteiger partial charge in [0.25, 0.3) is 5.91 Å². The second-order valence-electron chi connectivity index (χ2n) is 6.09. The van der Waals surface area contributed by atoms with Crippen LogP contribution in [-0.4, -0.2) is 29.6 Å². The van der Waals surface area contributed by atoms with Crippen molar-refractivity contribution in [1.82, 2.24) is 4.90 Å². The van der Waals surface area contributed by atoms with Crippen LogP contribution >= 0.6 is 0 Å². The van der Waals surface area contributed by atoms with Crippen LogP contribution in [0, 0.1) is 18.7 Å². The number of benzene rings is 1. The van der Waals surface area contributed by atoms with Gasteiger partial charge in [0.15, 0.2) is 0 Å². The lowest BCUT2D eigenvalue weighted by molar-refractivity contribution is -0.114. The van der Waals surface area contributed by atoms with Crippen molar-refractivity contribution < 1.29 is 9.18 Å². The molecule has 3 rings (SSSR count). The molecule has 0 radical (unpaired) electrons. The molecular weight excluding hydrogens is 281 g/mol. The SMILES string of the molecule is Cc1ccc(N=C2C(C(N)=O)=C3CCCN3CC2C)c(F)c1. The maximum absolute atomic E-state index is 14.1. The predicted octanol–water partition coefficient (Wildman–Crippen LogP) is 2.69. The Morgan fingerprint density at radius 3 is 2.91 bits per heavy atom. The van der Waals surface area contributed by atoms with Crippen molar-refractivity contribution in [3.63, 3.8) is 0 Å². The fourth-order valence-corrected chi connectivity index (χ4v) is 3.29. The lowest BCUT2D eigenvalue weighted by atomic mass is 9.91. The Labute approximate surface area is 129 Å². The second-order valence-corrected chi connectivity index (χ2v) is 6.09. The Morgan fingerprint density at radius 2 is 2.23 bits per heavy atom. The summed E-state index contributed by atoms with van der Waals surface area (Å²) in [6.45, 7) is 5.58. The number of nitrogens with zero attached hydrogens (tertiary/aromatic N) is 2. The van der Waals surface area contributed by atoms with E-state index in [1.807, 2.05) is 19.9 Å². The standard InChI is InChI=1S/C17H20FN3O/c1-10-5-6-13(12(18)8-10)20-16-11(2)9-21-7-3-4-14(21)15(16)17(19)22/h5-6,8,11H,3-4,7,9H2,1-2H3,(H2,19,22). The Kier molecular flexibility index (Phi) is 3.72. The molecule has 1 atom stereocenters. The number of hydrogen-bond donors (Lipinski definition) is 1. The van der Waals surface area contributed by atoms with Crippen molar-refractivity contribution in [2.45, 2.75) is 26.7 Å². The minimum absolute atomic E-state index is 0.0463. The number of primary amides is 1. The predicted molar refractivity (Wildman–Crippen MR) is 84.4 cm³/mol. The molecule has 2 N–H and O–H groups in total. The Hall–Kier alpha value is -2.17. The van der Waals surface area contributed by atoms with E-state index in [1.165, 1.54) is 6.07 Å². The lowest BCUT2D eigenvalue weighted by Crippen LogP contribution is -2.40. The average Bonchev–Trinajstić information content (AvgIpc) is 2.89. The summed E-state index contributed by atoms with van der Waals surface area (Å²) < 4.78 is 14.1. The van der Waals surface area contributed by atoms with E-state index in [4.69, 9.17) is 5.73 Å². The van der Waals surface area contributed by atoms with Gasteiger partial charge in [-0.2, -0.15) is 0 Å². The van der Waals surface area contributed by atoms with Gasteiger partial charge in [-0.05, 0) is 37.5 Å². The van der Waals surface area contributed by atoms with E-state index >= 15 is 0 Å². The van der Waals surface area contributed by atoms with Gasteiger partial charge in [-0.25, -0.2) is 9.38 Å². The topological polar surface area (TPSA) is 58.7 Å². The molecule has 2 aliphatic heterocycles. The van der Waals surface area contributed by atoms with Crippen molar-refractivity contribution in [3.8, 4) is 0 Å². The molecule has 22 heavy (non-hydrogen) atoms. The highest BCUT2D eigenvalue weighted by atomic mass is 19.1. The maximum atomic E-state index is 14.1. The molecule has 0 saturated carbocycles. The van der Waals surface area contributed by atoms with Crippen LogP contribution in [0.25, 0.3) is 0 Å². The number of hydrogen-bond acceptors (Lipinski definition) is 3. The summed E-state index contributed by atoms with van der Waals surface area (Å²) in [6.07, 6.45) is 1.85. The number of allylic oxidation sites excluding steroid dienone is 1. The normalized spacial score (nSPS) is 23.1. The van der Waals surface area contributed by atoms with Crippen molar-refractivity contribution in [2.75, 3.05) is 13.1 Å². The highest BCUT2D eigenvalue weighted by Crippen LogP contribution is 2.33. The maximum Gasteiger partial charge on any atom is 0.252 e. The second kappa shape index (κ2) is 5.55. The number of carbonyl (C=O) groups is 1. The van der Waals surface area contributed by atoms with Gasteiger partial charge in [0, 0.05) is 24.7 Å². The van der Waals surface area contributed by atoms with Gasteiger partial charge >= 0.3 is 0 Å². The number of carbonyl (C=O) groups excluding carboxylic acids is 1. The van der Waals surface area contributed by atoms with Gasteiger partial charge in [-0.1, -0.05) is 13.0 Å². The van der Waals surface area contributed by atoms with Crippen LogP contribution in [0.5, 0.6) is 0 Å². The van der Waals surface area contributed by atoms with E-state index in [9.17, 15) is 9.18 Å². The van der Waals surface area contributed by atoms with Crippen LogP contribution in [0.2, 0.25) is 0 Å². The highest BCUT2D eigenvalue weighted by Gasteiger charge is 2.35. The summed E-state index contributed by atoms with van der Waals surface area (Å²) in [4.78, 5) is 18.6. The van der Waals surface area contributed by atoms with Gasteiger partial charge < -0.3 is 10.6 Å². The van der Waals surface area contributed by atoms with Crippen LogP contribution in [0.1, 0.15) is 25.3 Å². The Morgan fingerprint density at radius 1 is 1.45 bits per heavy atom. The molecule has 0 spiro atoms. The minimum atomic E-state index is -0.472. The molecule has 2 aliphatic rings. The molecule has 1 amide bonds. The van der Waals surface area contributed by atoms with E-state index < -0.39 is 5.91 Å². The van der Waals surface area contributed by atoms with Crippen molar-refractivity contribution in [3.05, 3.63) is 40.8 Å². The van der Waals surface area contributed by atoms with Gasteiger partial charge in [0.05, 0.1) is 17.0 Å². The number of rotatable bonds is 2. The first kappa shape index (κ1) is 14.8. The summed E-state index contributed by atoms with van der Waals surface area (Å²) in [5.41, 5.74) is 8.76. The molecule has 116 valence electrons. The van der Waals surface area contributed by atoms with Crippen LogP contribution in [-0.2, 0) is 4.79 Å². The molecule has 1 fully saturated rings. The third-order valence-corrected chi connectivity index (χ3v) is 4.32. The quantitative estimate of drug-likeness (QED) is 0.913. The third kappa shape index (κ3) is 2.51. The van der Waals surface area contributed by atoms with E-state index in [1.54, 1.807) is 6.07 Å². The fourth-order valence-electron chi connectivity index (χ4n) is 3.29. The molecule has 1 saturated heterocycles. The van der Waals surface area contributed by atoms with Crippen LogP contribution < -0.4 is 5.73 Å². The molecule has 1 unspecified atom stereocenters. The number of amides is 1. The first-order valence-corrected chi connectivity index (χ1v) is 7.60. The van der Waals surface area contributed by atoms with Gasteiger partial charge in [0.2, 0.25) is 0 Å². The van der Waals surface area contributed by atoms with Crippen LogP contribution in [0.4, 0.5) is 10.1 Å². The molecule has 0 bridgehead atoms. The number of nitrogens with two attached hydrogens (primary N) is 1.